The average molecular weight is 256 g/mol. The maximum Gasteiger partial charge on any atom is 0.289 e. The maximum absolute atomic E-state index is 12.2. The summed E-state index contributed by atoms with van der Waals surface area (Å²) in [6, 6.07) is 13.5. The number of amides is 1. The second-order valence-electron chi connectivity index (χ2n) is 4.87. The van der Waals surface area contributed by atoms with Gasteiger partial charge in [-0.1, -0.05) is 30.3 Å². The minimum Gasteiger partial charge on any atom is -0.459 e. The van der Waals surface area contributed by atoms with Crippen molar-refractivity contribution in [3.63, 3.8) is 0 Å². The fraction of sp³-hybridized carbons (Fsp3) is 0.267. The quantitative estimate of drug-likeness (QED) is 0.892. The summed E-state index contributed by atoms with van der Waals surface area (Å²) in [6.07, 6.45) is 1.51. The highest BCUT2D eigenvalue weighted by Gasteiger charge is 2.34. The van der Waals surface area contributed by atoms with Crippen molar-refractivity contribution in [1.29, 1.82) is 0 Å². The molecule has 1 aliphatic heterocycles. The van der Waals surface area contributed by atoms with Crippen molar-refractivity contribution in [3.05, 3.63) is 60.1 Å². The summed E-state index contributed by atoms with van der Waals surface area (Å²) in [5.74, 6) is 0.486. The second kappa shape index (κ2) is 4.90. The van der Waals surface area contributed by atoms with Crippen LogP contribution in [-0.2, 0) is 0 Å². The van der Waals surface area contributed by atoms with Gasteiger partial charge in [0, 0.05) is 25.0 Å². The molecule has 0 aliphatic carbocycles. The summed E-state index contributed by atoms with van der Waals surface area (Å²) >= 11 is 0. The van der Waals surface area contributed by atoms with Gasteiger partial charge < -0.3 is 15.1 Å². The Kier molecular flexibility index (Phi) is 3.09. The minimum absolute atomic E-state index is 0.0266. The number of likely N-dealkylation sites (tertiary alicyclic amines) is 1. The van der Waals surface area contributed by atoms with Crippen LogP contribution in [0.15, 0.2) is 53.1 Å². The van der Waals surface area contributed by atoms with Gasteiger partial charge in [-0.25, -0.2) is 0 Å². The Hall–Kier alpha value is -2.07. The Balaban J connectivity index is 1.77. The van der Waals surface area contributed by atoms with Crippen LogP contribution in [0.2, 0.25) is 0 Å². The predicted octanol–water partition coefficient (Wildman–Crippen LogP) is 1.85. The molecular formula is C15H16N2O2. The number of rotatable bonds is 2. The second-order valence-corrected chi connectivity index (χ2v) is 4.87. The van der Waals surface area contributed by atoms with E-state index in [0.717, 1.165) is 0 Å². The fourth-order valence-corrected chi connectivity index (χ4v) is 2.60. The summed E-state index contributed by atoms with van der Waals surface area (Å²) in [5, 5.41) is 0. The Morgan fingerprint density at radius 3 is 2.63 bits per heavy atom. The molecule has 98 valence electrons. The van der Waals surface area contributed by atoms with Gasteiger partial charge in [-0.3, -0.25) is 4.79 Å². The lowest BCUT2D eigenvalue weighted by atomic mass is 9.95. The van der Waals surface area contributed by atoms with E-state index in [2.05, 4.69) is 12.1 Å². The maximum atomic E-state index is 12.2. The molecule has 1 aromatic carbocycles. The molecule has 1 saturated heterocycles. The van der Waals surface area contributed by atoms with Crippen molar-refractivity contribution in [1.82, 2.24) is 4.90 Å². The monoisotopic (exact) mass is 256 g/mol. The number of furan rings is 1. The van der Waals surface area contributed by atoms with E-state index < -0.39 is 0 Å². The number of nitrogens with two attached hydrogens (primary N) is 1. The summed E-state index contributed by atoms with van der Waals surface area (Å²) < 4.78 is 5.15. The van der Waals surface area contributed by atoms with Crippen molar-refractivity contribution in [2.45, 2.75) is 12.0 Å². The highest BCUT2D eigenvalue weighted by atomic mass is 16.3. The van der Waals surface area contributed by atoms with Crippen molar-refractivity contribution < 1.29 is 9.21 Å². The first-order valence-corrected chi connectivity index (χ1v) is 6.39. The van der Waals surface area contributed by atoms with Crippen LogP contribution in [0, 0.1) is 0 Å². The zero-order valence-electron chi connectivity index (χ0n) is 10.5. The average Bonchev–Trinajstić information content (AvgIpc) is 3.08. The first-order chi connectivity index (χ1) is 9.25. The SMILES string of the molecule is N[C@@H]1CN(C(=O)c2ccco2)C[C@H]1c1ccccc1. The number of carbonyl (C=O) groups is 1. The van der Waals surface area contributed by atoms with Crippen molar-refractivity contribution in [2.24, 2.45) is 5.73 Å². The van der Waals surface area contributed by atoms with Gasteiger partial charge in [0.1, 0.15) is 0 Å². The molecule has 4 heteroatoms. The smallest absolute Gasteiger partial charge is 0.289 e. The normalized spacial score (nSPS) is 22.7. The zero-order valence-corrected chi connectivity index (χ0v) is 10.5. The van der Waals surface area contributed by atoms with Gasteiger partial charge in [0.2, 0.25) is 0 Å². The standard InChI is InChI=1S/C15H16N2O2/c16-13-10-17(15(18)14-7-4-8-19-14)9-12(13)11-5-2-1-3-6-11/h1-8,12-13H,9-10,16H2/t12-,13+/m0/s1. The molecule has 2 aromatic rings. The van der Waals surface area contributed by atoms with Crippen LogP contribution in [0.3, 0.4) is 0 Å². The largest absolute Gasteiger partial charge is 0.459 e. The van der Waals surface area contributed by atoms with E-state index in [1.807, 2.05) is 18.2 Å². The lowest BCUT2D eigenvalue weighted by molar-refractivity contribution is 0.0757. The molecule has 19 heavy (non-hydrogen) atoms. The van der Waals surface area contributed by atoms with Gasteiger partial charge in [-0.05, 0) is 17.7 Å². The zero-order chi connectivity index (χ0) is 13.2. The van der Waals surface area contributed by atoms with Gasteiger partial charge in [0.15, 0.2) is 5.76 Å². The number of benzene rings is 1. The molecule has 1 aliphatic rings. The van der Waals surface area contributed by atoms with Crippen LogP contribution >= 0.6 is 0 Å². The Labute approximate surface area is 111 Å². The van der Waals surface area contributed by atoms with E-state index in [-0.39, 0.29) is 17.9 Å². The fourth-order valence-electron chi connectivity index (χ4n) is 2.60. The molecule has 1 amide bonds. The van der Waals surface area contributed by atoms with Crippen LogP contribution in [-0.4, -0.2) is 29.9 Å². The lowest BCUT2D eigenvalue weighted by Crippen LogP contribution is -2.31. The number of carbonyl (C=O) groups excluding carboxylic acids is 1. The van der Waals surface area contributed by atoms with E-state index in [9.17, 15) is 4.79 Å². The van der Waals surface area contributed by atoms with Crippen LogP contribution in [0.1, 0.15) is 22.0 Å². The van der Waals surface area contributed by atoms with E-state index in [1.165, 1.54) is 11.8 Å². The predicted molar refractivity (Wildman–Crippen MR) is 71.8 cm³/mol. The van der Waals surface area contributed by atoms with Gasteiger partial charge in [0.05, 0.1) is 6.26 Å². The number of hydrogen-bond donors (Lipinski definition) is 1. The molecule has 0 saturated carbocycles. The van der Waals surface area contributed by atoms with E-state index >= 15 is 0 Å². The Bertz CT molecular complexity index is 551. The summed E-state index contributed by atoms with van der Waals surface area (Å²) in [6.45, 7) is 1.21. The van der Waals surface area contributed by atoms with Crippen molar-refractivity contribution >= 4 is 5.91 Å². The van der Waals surface area contributed by atoms with E-state index in [1.54, 1.807) is 17.0 Å². The molecule has 1 aromatic heterocycles. The third kappa shape index (κ3) is 2.27. The molecule has 4 nitrogen and oxygen atoms in total. The van der Waals surface area contributed by atoms with E-state index in [4.69, 9.17) is 10.2 Å². The Morgan fingerprint density at radius 2 is 1.95 bits per heavy atom. The van der Waals surface area contributed by atoms with Crippen LogP contribution < -0.4 is 5.73 Å². The van der Waals surface area contributed by atoms with Crippen LogP contribution in [0.25, 0.3) is 0 Å². The minimum atomic E-state index is -0.0844. The third-order valence-corrected chi connectivity index (χ3v) is 3.61. The first-order valence-electron chi connectivity index (χ1n) is 6.39. The molecule has 2 atom stereocenters. The van der Waals surface area contributed by atoms with Gasteiger partial charge in [-0.2, -0.15) is 0 Å². The molecule has 2 heterocycles. The molecule has 0 spiro atoms. The molecule has 3 rings (SSSR count). The first kappa shape index (κ1) is 12.0. The van der Waals surface area contributed by atoms with Crippen LogP contribution in [0.4, 0.5) is 0 Å². The topological polar surface area (TPSA) is 59.5 Å². The number of nitrogens with zero attached hydrogens (tertiary/aromatic N) is 1. The summed E-state index contributed by atoms with van der Waals surface area (Å²) in [4.78, 5) is 14.0. The highest BCUT2D eigenvalue weighted by Crippen LogP contribution is 2.27. The highest BCUT2D eigenvalue weighted by molar-refractivity contribution is 5.91. The molecule has 0 radical (unpaired) electrons. The third-order valence-electron chi connectivity index (χ3n) is 3.61. The number of hydrogen-bond acceptors (Lipinski definition) is 3. The van der Waals surface area contributed by atoms with Crippen molar-refractivity contribution in [3.8, 4) is 0 Å². The molecule has 2 N–H and O–H groups in total. The Morgan fingerprint density at radius 1 is 1.16 bits per heavy atom. The summed E-state index contributed by atoms with van der Waals surface area (Å²) in [7, 11) is 0. The lowest BCUT2D eigenvalue weighted by Gasteiger charge is -2.15. The van der Waals surface area contributed by atoms with Crippen LogP contribution in [0.5, 0.6) is 0 Å². The van der Waals surface area contributed by atoms with Crippen molar-refractivity contribution in [2.75, 3.05) is 13.1 Å². The summed E-state index contributed by atoms with van der Waals surface area (Å²) in [5.41, 5.74) is 7.35. The molecule has 1 fully saturated rings. The molecule has 0 unspecified atom stereocenters. The van der Waals surface area contributed by atoms with Gasteiger partial charge in [0.25, 0.3) is 5.91 Å². The van der Waals surface area contributed by atoms with Gasteiger partial charge in [-0.15, -0.1) is 0 Å². The van der Waals surface area contributed by atoms with Gasteiger partial charge >= 0.3 is 0 Å². The van der Waals surface area contributed by atoms with E-state index in [0.29, 0.717) is 18.8 Å². The molecule has 0 bridgehead atoms. The molecular weight excluding hydrogens is 240 g/mol.